The predicted octanol–water partition coefficient (Wildman–Crippen LogP) is 5.22. The van der Waals surface area contributed by atoms with Crippen LogP contribution < -0.4 is 10.0 Å². The Hall–Kier alpha value is -3.27. The zero-order chi connectivity index (χ0) is 22.7. The quantitative estimate of drug-likeness (QED) is 0.390. The van der Waals surface area contributed by atoms with Crippen LogP contribution in [0.15, 0.2) is 77.7 Å². The van der Waals surface area contributed by atoms with Gasteiger partial charge < -0.3 is 0 Å². The van der Waals surface area contributed by atoms with Crippen LogP contribution in [0.4, 0.5) is 10.8 Å². The van der Waals surface area contributed by atoms with Gasteiger partial charge in [0.2, 0.25) is 5.13 Å². The Balaban J connectivity index is 1.56. The van der Waals surface area contributed by atoms with E-state index in [1.165, 1.54) is 29.5 Å². The first-order valence-electron chi connectivity index (χ1n) is 9.41. The highest BCUT2D eigenvalue weighted by molar-refractivity contribution is 7.92. The zero-order valence-electron chi connectivity index (χ0n) is 16.7. The third kappa shape index (κ3) is 4.96. The topological polar surface area (TPSA) is 101 Å². The van der Waals surface area contributed by atoms with Gasteiger partial charge in [-0.25, -0.2) is 8.42 Å². The lowest BCUT2D eigenvalue weighted by Crippen LogP contribution is -2.16. The number of aromatic nitrogens is 2. The second-order valence-corrected chi connectivity index (χ2v) is 9.89. The lowest BCUT2D eigenvalue weighted by molar-refractivity contribution is 0.102. The van der Waals surface area contributed by atoms with Crippen molar-refractivity contribution in [2.45, 2.75) is 11.8 Å². The van der Waals surface area contributed by atoms with Crippen LogP contribution in [0.5, 0.6) is 0 Å². The number of benzene rings is 3. The summed E-state index contributed by atoms with van der Waals surface area (Å²) >= 11 is 7.36. The van der Waals surface area contributed by atoms with Crippen molar-refractivity contribution in [3.05, 3.63) is 88.9 Å². The largest absolute Gasteiger partial charge is 0.296 e. The summed E-state index contributed by atoms with van der Waals surface area (Å²) in [5.74, 6) is -0.524. The summed E-state index contributed by atoms with van der Waals surface area (Å²) in [4.78, 5) is 12.5. The van der Waals surface area contributed by atoms with Crippen molar-refractivity contribution in [2.24, 2.45) is 0 Å². The molecule has 0 saturated heterocycles. The number of hydrogen-bond donors (Lipinski definition) is 2. The number of hydrogen-bond acceptors (Lipinski definition) is 6. The first-order chi connectivity index (χ1) is 15.3. The van der Waals surface area contributed by atoms with Crippen LogP contribution in [-0.2, 0) is 10.0 Å². The Morgan fingerprint density at radius 1 is 0.969 bits per heavy atom. The molecule has 1 heterocycles. The minimum Gasteiger partial charge on any atom is -0.296 e. The van der Waals surface area contributed by atoms with Gasteiger partial charge in [0.05, 0.1) is 5.02 Å². The molecule has 4 aromatic rings. The van der Waals surface area contributed by atoms with Gasteiger partial charge in [-0.15, -0.1) is 10.2 Å². The zero-order valence-corrected chi connectivity index (χ0v) is 19.1. The number of carbonyl (C=O) groups is 1. The van der Waals surface area contributed by atoms with Crippen LogP contribution in [0.2, 0.25) is 5.02 Å². The fraction of sp³-hybridized carbons (Fsp3) is 0.0455. The first kappa shape index (κ1) is 21.9. The standard InChI is InChI=1S/C22H17ClN4O3S2/c1-14-6-5-9-17(12-14)27-32(29,30)19-13-16(10-11-18(19)23)20(28)24-22-26-25-21(31-22)15-7-3-2-4-8-15/h2-13,27H,1H3,(H,24,26,28). The average Bonchev–Trinajstić information content (AvgIpc) is 3.22. The van der Waals surface area contributed by atoms with Gasteiger partial charge in [0, 0.05) is 16.8 Å². The molecule has 0 radical (unpaired) electrons. The number of nitrogens with zero attached hydrogens (tertiary/aromatic N) is 2. The molecule has 3 aromatic carbocycles. The molecular formula is C22H17ClN4O3S2. The van der Waals surface area contributed by atoms with Gasteiger partial charge in [-0.05, 0) is 42.8 Å². The van der Waals surface area contributed by atoms with E-state index in [1.807, 2.05) is 43.3 Å². The highest BCUT2D eigenvalue weighted by Gasteiger charge is 2.21. The molecule has 1 amide bonds. The predicted molar refractivity (Wildman–Crippen MR) is 127 cm³/mol. The summed E-state index contributed by atoms with van der Waals surface area (Å²) in [5, 5.41) is 11.7. The highest BCUT2D eigenvalue weighted by atomic mass is 35.5. The van der Waals surface area contributed by atoms with Gasteiger partial charge in [0.15, 0.2) is 0 Å². The molecule has 0 aliphatic heterocycles. The number of nitrogens with one attached hydrogen (secondary N) is 2. The number of sulfonamides is 1. The van der Waals surface area contributed by atoms with Gasteiger partial charge in [-0.2, -0.15) is 0 Å². The number of rotatable bonds is 6. The van der Waals surface area contributed by atoms with Gasteiger partial charge >= 0.3 is 0 Å². The van der Waals surface area contributed by atoms with E-state index in [-0.39, 0.29) is 15.5 Å². The Kier molecular flexibility index (Phi) is 6.22. The summed E-state index contributed by atoms with van der Waals surface area (Å²) in [7, 11) is -4.01. The van der Waals surface area contributed by atoms with Crippen LogP contribution >= 0.6 is 22.9 Å². The molecule has 0 atom stereocenters. The van der Waals surface area contributed by atoms with E-state index in [0.29, 0.717) is 15.8 Å². The Bertz CT molecular complexity index is 1390. The third-order valence-corrected chi connectivity index (χ3v) is 7.17. The maximum absolute atomic E-state index is 12.9. The number of anilines is 2. The summed E-state index contributed by atoms with van der Waals surface area (Å²) in [6.45, 7) is 1.85. The van der Waals surface area contributed by atoms with Crippen LogP contribution in [0, 0.1) is 6.92 Å². The monoisotopic (exact) mass is 484 g/mol. The number of amides is 1. The third-order valence-electron chi connectivity index (χ3n) is 4.42. The van der Waals surface area contributed by atoms with Crippen LogP contribution in [0.3, 0.4) is 0 Å². The molecule has 0 bridgehead atoms. The van der Waals surface area contributed by atoms with E-state index in [9.17, 15) is 13.2 Å². The molecule has 0 unspecified atom stereocenters. The van der Waals surface area contributed by atoms with E-state index >= 15 is 0 Å². The molecule has 0 saturated carbocycles. The van der Waals surface area contributed by atoms with Gasteiger partial charge in [-0.1, -0.05) is 65.4 Å². The normalized spacial score (nSPS) is 11.2. The molecule has 4 rings (SSSR count). The molecule has 0 aliphatic carbocycles. The maximum Gasteiger partial charge on any atom is 0.263 e. The highest BCUT2D eigenvalue weighted by Crippen LogP contribution is 2.28. The minimum atomic E-state index is -4.01. The van der Waals surface area contributed by atoms with E-state index in [2.05, 4.69) is 20.2 Å². The molecule has 2 N–H and O–H groups in total. The fourth-order valence-corrected chi connectivity index (χ4v) is 5.23. The van der Waals surface area contributed by atoms with E-state index in [0.717, 1.165) is 11.1 Å². The summed E-state index contributed by atoms with van der Waals surface area (Å²) < 4.78 is 28.2. The van der Waals surface area contributed by atoms with E-state index in [4.69, 9.17) is 11.6 Å². The number of carbonyl (C=O) groups excluding carboxylic acids is 1. The lowest BCUT2D eigenvalue weighted by atomic mass is 10.2. The van der Waals surface area contributed by atoms with Gasteiger partial charge in [-0.3, -0.25) is 14.8 Å². The number of aryl methyl sites for hydroxylation is 1. The summed E-state index contributed by atoms with van der Waals surface area (Å²) in [5.41, 5.74) is 2.30. The second kappa shape index (κ2) is 9.07. The molecule has 0 spiro atoms. The summed E-state index contributed by atoms with van der Waals surface area (Å²) in [6, 6.07) is 20.4. The van der Waals surface area contributed by atoms with Crippen molar-refractivity contribution in [1.82, 2.24) is 10.2 Å². The molecule has 0 fully saturated rings. The van der Waals surface area contributed by atoms with Gasteiger partial charge in [0.1, 0.15) is 9.90 Å². The molecular weight excluding hydrogens is 468 g/mol. The summed E-state index contributed by atoms with van der Waals surface area (Å²) in [6.07, 6.45) is 0. The Morgan fingerprint density at radius 2 is 1.75 bits per heavy atom. The van der Waals surface area contributed by atoms with E-state index < -0.39 is 15.9 Å². The second-order valence-electron chi connectivity index (χ2n) is 6.85. The fourth-order valence-electron chi connectivity index (χ4n) is 2.91. The smallest absolute Gasteiger partial charge is 0.263 e. The molecule has 162 valence electrons. The van der Waals surface area contributed by atoms with Crippen LogP contribution in [-0.4, -0.2) is 24.5 Å². The van der Waals surface area contributed by atoms with Crippen LogP contribution in [0.1, 0.15) is 15.9 Å². The van der Waals surface area contributed by atoms with Crippen molar-refractivity contribution in [3.8, 4) is 10.6 Å². The van der Waals surface area contributed by atoms with E-state index in [1.54, 1.807) is 18.2 Å². The van der Waals surface area contributed by atoms with Crippen molar-refractivity contribution >= 4 is 49.7 Å². The Morgan fingerprint density at radius 3 is 2.50 bits per heavy atom. The lowest BCUT2D eigenvalue weighted by Gasteiger charge is -2.11. The van der Waals surface area contributed by atoms with Crippen molar-refractivity contribution in [1.29, 1.82) is 0 Å². The average molecular weight is 485 g/mol. The first-order valence-corrected chi connectivity index (χ1v) is 12.1. The van der Waals surface area contributed by atoms with Crippen molar-refractivity contribution in [2.75, 3.05) is 10.0 Å². The molecule has 32 heavy (non-hydrogen) atoms. The molecule has 0 aliphatic rings. The van der Waals surface area contributed by atoms with Crippen molar-refractivity contribution < 1.29 is 13.2 Å². The minimum absolute atomic E-state index is 0.00369. The van der Waals surface area contributed by atoms with Gasteiger partial charge in [0.25, 0.3) is 15.9 Å². The molecule has 7 nitrogen and oxygen atoms in total. The van der Waals surface area contributed by atoms with Crippen molar-refractivity contribution in [3.63, 3.8) is 0 Å². The Labute approximate surface area is 194 Å². The molecule has 10 heteroatoms. The number of halogens is 1. The maximum atomic E-state index is 12.9. The molecule has 1 aromatic heterocycles. The van der Waals surface area contributed by atoms with Crippen LogP contribution in [0.25, 0.3) is 10.6 Å². The SMILES string of the molecule is Cc1cccc(NS(=O)(=O)c2cc(C(=O)Nc3nnc(-c4ccccc4)s3)ccc2Cl)c1.